The van der Waals surface area contributed by atoms with Crippen LogP contribution in [0, 0.1) is 17.2 Å². The number of carbonyl (C=O) groups excluding carboxylic acids is 2. The van der Waals surface area contributed by atoms with E-state index >= 15 is 0 Å². The Morgan fingerprint density at radius 2 is 2.21 bits per heavy atom. The lowest BCUT2D eigenvalue weighted by molar-refractivity contribution is -0.121. The molecule has 1 saturated heterocycles. The number of nitriles is 1. The van der Waals surface area contributed by atoms with Crippen LogP contribution in [0.5, 0.6) is 5.75 Å². The number of amides is 3. The highest BCUT2D eigenvalue weighted by Crippen LogP contribution is 2.40. The number of carbonyl (C=O) groups is 2. The van der Waals surface area contributed by atoms with Gasteiger partial charge in [-0.1, -0.05) is 6.42 Å². The Morgan fingerprint density at radius 1 is 1.33 bits per heavy atom. The molecule has 0 bridgehead atoms. The summed E-state index contributed by atoms with van der Waals surface area (Å²) in [6.45, 7) is 2.44. The molecule has 2 aromatic rings. The minimum Gasteiger partial charge on any atom is -0.482 e. The Morgan fingerprint density at radius 3 is 2.94 bits per heavy atom. The molecule has 1 saturated carbocycles. The van der Waals surface area contributed by atoms with Gasteiger partial charge in [-0.25, -0.2) is 9.78 Å². The number of urea groups is 1. The molecule has 3 amide bonds. The summed E-state index contributed by atoms with van der Waals surface area (Å²) in [5.41, 5.74) is 1.55. The molecule has 1 aliphatic carbocycles. The van der Waals surface area contributed by atoms with Crippen molar-refractivity contribution in [2.45, 2.75) is 38.1 Å². The van der Waals surface area contributed by atoms with Crippen molar-refractivity contribution in [3.63, 3.8) is 0 Å². The molecule has 33 heavy (non-hydrogen) atoms. The van der Waals surface area contributed by atoms with Gasteiger partial charge in [-0.05, 0) is 56.3 Å². The second kappa shape index (κ2) is 9.37. The van der Waals surface area contributed by atoms with Crippen LogP contribution in [-0.2, 0) is 4.79 Å². The first-order valence-corrected chi connectivity index (χ1v) is 12.2. The minimum atomic E-state index is -0.365. The van der Waals surface area contributed by atoms with E-state index in [1.807, 2.05) is 23.1 Å². The summed E-state index contributed by atoms with van der Waals surface area (Å²) in [4.78, 5) is 31.5. The number of hydrogen-bond acceptors (Lipinski definition) is 7. The third-order valence-electron chi connectivity index (χ3n) is 6.41. The van der Waals surface area contributed by atoms with Crippen LogP contribution in [0.2, 0.25) is 0 Å². The van der Waals surface area contributed by atoms with Gasteiger partial charge in [-0.2, -0.15) is 5.26 Å². The monoisotopic (exact) mass is 466 g/mol. The van der Waals surface area contributed by atoms with Crippen LogP contribution >= 0.6 is 11.3 Å². The fourth-order valence-electron chi connectivity index (χ4n) is 4.38. The molecule has 10 heteroatoms. The van der Waals surface area contributed by atoms with E-state index in [1.165, 1.54) is 17.8 Å². The first kappa shape index (κ1) is 21.7. The average Bonchev–Trinajstić information content (AvgIpc) is 3.20. The highest BCUT2D eigenvalue weighted by Gasteiger charge is 2.30. The quantitative estimate of drug-likeness (QED) is 0.623. The van der Waals surface area contributed by atoms with Gasteiger partial charge in [0.2, 0.25) is 0 Å². The maximum absolute atomic E-state index is 12.4. The molecule has 0 spiro atoms. The number of benzene rings is 1. The molecule has 172 valence electrons. The normalized spacial score (nSPS) is 20.3. The number of nitrogens with one attached hydrogen (secondary N) is 3. The SMILES string of the molecule is N#Cc1sc(-c2ccc3c(c2)OCC(=O)N3CC2CCC2)nc1NC(=O)N[C@H]1CCCNC1. The summed E-state index contributed by atoms with van der Waals surface area (Å²) in [7, 11) is 0. The maximum atomic E-state index is 12.4. The van der Waals surface area contributed by atoms with Gasteiger partial charge in [0.25, 0.3) is 5.91 Å². The van der Waals surface area contributed by atoms with Crippen LogP contribution in [0.15, 0.2) is 18.2 Å². The van der Waals surface area contributed by atoms with Crippen molar-refractivity contribution in [1.82, 2.24) is 15.6 Å². The fraction of sp³-hybridized carbons (Fsp3) is 0.478. The molecule has 5 rings (SSSR count). The van der Waals surface area contributed by atoms with Gasteiger partial charge >= 0.3 is 6.03 Å². The van der Waals surface area contributed by atoms with Gasteiger partial charge in [-0.3, -0.25) is 10.1 Å². The van der Waals surface area contributed by atoms with Gasteiger partial charge < -0.3 is 20.3 Å². The van der Waals surface area contributed by atoms with E-state index in [2.05, 4.69) is 27.0 Å². The van der Waals surface area contributed by atoms with Crippen LogP contribution in [0.4, 0.5) is 16.3 Å². The van der Waals surface area contributed by atoms with Crippen LogP contribution in [0.3, 0.4) is 0 Å². The molecule has 1 aromatic carbocycles. The zero-order valence-corrected chi connectivity index (χ0v) is 19.0. The number of hydrogen-bond donors (Lipinski definition) is 3. The first-order chi connectivity index (χ1) is 16.1. The van der Waals surface area contributed by atoms with E-state index in [0.29, 0.717) is 21.6 Å². The Bertz CT molecular complexity index is 1100. The van der Waals surface area contributed by atoms with Crippen molar-refractivity contribution in [1.29, 1.82) is 5.26 Å². The van der Waals surface area contributed by atoms with E-state index in [0.717, 1.165) is 56.6 Å². The van der Waals surface area contributed by atoms with Gasteiger partial charge in [0.1, 0.15) is 21.7 Å². The number of aromatic nitrogens is 1. The molecule has 3 heterocycles. The first-order valence-electron chi connectivity index (χ1n) is 11.4. The number of fused-ring (bicyclic) bond motifs is 1. The highest BCUT2D eigenvalue weighted by atomic mass is 32.1. The summed E-state index contributed by atoms with van der Waals surface area (Å²) < 4.78 is 5.71. The molecule has 2 fully saturated rings. The van der Waals surface area contributed by atoms with Crippen molar-refractivity contribution in [2.75, 3.05) is 36.5 Å². The number of thiazole rings is 1. The summed E-state index contributed by atoms with van der Waals surface area (Å²) in [5.74, 6) is 1.42. The summed E-state index contributed by atoms with van der Waals surface area (Å²) in [6.07, 6.45) is 5.48. The number of ether oxygens (including phenoxy) is 1. The summed E-state index contributed by atoms with van der Waals surface area (Å²) in [6, 6.07) is 7.43. The van der Waals surface area contributed by atoms with Gasteiger partial charge in [0, 0.05) is 24.7 Å². The van der Waals surface area contributed by atoms with Crippen molar-refractivity contribution < 1.29 is 14.3 Å². The highest BCUT2D eigenvalue weighted by molar-refractivity contribution is 7.16. The smallest absolute Gasteiger partial charge is 0.320 e. The zero-order chi connectivity index (χ0) is 22.8. The second-order valence-corrected chi connectivity index (χ2v) is 9.72. The zero-order valence-electron chi connectivity index (χ0n) is 18.2. The van der Waals surface area contributed by atoms with Crippen molar-refractivity contribution >= 4 is 34.8 Å². The lowest BCUT2D eigenvalue weighted by Gasteiger charge is -2.35. The van der Waals surface area contributed by atoms with E-state index < -0.39 is 0 Å². The molecular weight excluding hydrogens is 440 g/mol. The number of rotatable bonds is 5. The van der Waals surface area contributed by atoms with E-state index in [4.69, 9.17) is 4.74 Å². The lowest BCUT2D eigenvalue weighted by Crippen LogP contribution is -2.47. The second-order valence-electron chi connectivity index (χ2n) is 8.72. The van der Waals surface area contributed by atoms with Crippen molar-refractivity contribution in [2.24, 2.45) is 5.92 Å². The molecule has 3 aliphatic rings. The van der Waals surface area contributed by atoms with Crippen molar-refractivity contribution in [3.8, 4) is 22.4 Å². The van der Waals surface area contributed by atoms with E-state index in [-0.39, 0.29) is 30.4 Å². The Balaban J connectivity index is 1.33. The van der Waals surface area contributed by atoms with E-state index in [1.54, 1.807) is 0 Å². The minimum absolute atomic E-state index is 0.0196. The Labute approximate surface area is 196 Å². The average molecular weight is 467 g/mol. The molecule has 3 N–H and O–H groups in total. The predicted molar refractivity (Wildman–Crippen MR) is 126 cm³/mol. The maximum Gasteiger partial charge on any atom is 0.320 e. The molecule has 1 aromatic heterocycles. The largest absolute Gasteiger partial charge is 0.482 e. The lowest BCUT2D eigenvalue weighted by atomic mass is 9.85. The van der Waals surface area contributed by atoms with Crippen LogP contribution < -0.4 is 25.6 Å². The molecule has 0 unspecified atom stereocenters. The van der Waals surface area contributed by atoms with Gasteiger partial charge in [0.05, 0.1) is 5.69 Å². The third-order valence-corrected chi connectivity index (χ3v) is 7.42. The third kappa shape index (κ3) is 4.65. The van der Waals surface area contributed by atoms with Crippen molar-refractivity contribution in [3.05, 3.63) is 23.1 Å². The van der Waals surface area contributed by atoms with Crippen LogP contribution in [0.25, 0.3) is 10.6 Å². The molecule has 0 radical (unpaired) electrons. The molecule has 9 nitrogen and oxygen atoms in total. The predicted octanol–water partition coefficient (Wildman–Crippen LogP) is 3.08. The van der Waals surface area contributed by atoms with Gasteiger partial charge in [-0.15, -0.1) is 11.3 Å². The number of anilines is 2. The number of piperidine rings is 1. The molecular formula is C23H26N6O3S. The fourth-order valence-corrected chi connectivity index (χ4v) is 5.19. The molecule has 2 aliphatic heterocycles. The summed E-state index contributed by atoms with van der Waals surface area (Å²) >= 11 is 1.21. The Hall–Kier alpha value is -3.16. The van der Waals surface area contributed by atoms with Crippen LogP contribution in [0.1, 0.15) is 37.0 Å². The van der Waals surface area contributed by atoms with Gasteiger partial charge in [0.15, 0.2) is 12.4 Å². The standard InChI is InChI=1S/C23H26N6O3S/c24-10-19-21(28-23(31)26-16-5-2-8-25-11-16)27-22(33-19)15-6-7-17-18(9-15)32-13-20(30)29(17)12-14-3-1-4-14/h6-7,9,14,16,25H,1-5,8,11-13H2,(H2,26,28,31)/t16-/m0/s1. The van der Waals surface area contributed by atoms with Crippen LogP contribution in [-0.4, -0.2) is 49.2 Å². The van der Waals surface area contributed by atoms with E-state index in [9.17, 15) is 14.9 Å². The number of nitrogens with zero attached hydrogens (tertiary/aromatic N) is 3. The topological polar surface area (TPSA) is 119 Å². The molecule has 1 atom stereocenters. The summed E-state index contributed by atoms with van der Waals surface area (Å²) in [5, 5.41) is 19.1. The Kier molecular flexibility index (Phi) is 6.15.